The van der Waals surface area contributed by atoms with Crippen molar-refractivity contribution in [2.24, 2.45) is 5.92 Å². The highest BCUT2D eigenvalue weighted by Crippen LogP contribution is 2.35. The fourth-order valence-electron chi connectivity index (χ4n) is 2.87. The summed E-state index contributed by atoms with van der Waals surface area (Å²) in [6.45, 7) is 4.05. The molecule has 1 aliphatic rings. The summed E-state index contributed by atoms with van der Waals surface area (Å²) in [6, 6.07) is 3.54. The fourth-order valence-corrected chi connectivity index (χ4v) is 2.87. The molecule has 0 bridgehead atoms. The average Bonchev–Trinajstić information content (AvgIpc) is 2.27. The third kappa shape index (κ3) is 1.62. The molecule has 1 atom stereocenters. The van der Waals surface area contributed by atoms with Gasteiger partial charge in [-0.25, -0.2) is 4.79 Å². The molecule has 18 heavy (non-hydrogen) atoms. The number of phenols is 1. The van der Waals surface area contributed by atoms with Crippen LogP contribution in [0.2, 0.25) is 0 Å². The second kappa shape index (κ2) is 3.87. The number of hydrogen-bond donors (Lipinski definition) is 1. The molecule has 3 nitrogen and oxygen atoms in total. The van der Waals surface area contributed by atoms with E-state index in [-0.39, 0.29) is 11.4 Å². The zero-order valence-electron chi connectivity index (χ0n) is 10.6. The van der Waals surface area contributed by atoms with Crippen LogP contribution < -0.4 is 5.63 Å². The van der Waals surface area contributed by atoms with Crippen molar-refractivity contribution in [1.29, 1.82) is 0 Å². The van der Waals surface area contributed by atoms with Gasteiger partial charge in [-0.15, -0.1) is 0 Å². The monoisotopic (exact) mass is 244 g/mol. The first kappa shape index (κ1) is 11.3. The predicted octanol–water partition coefficient (Wildman–Crippen LogP) is 2.93. The van der Waals surface area contributed by atoms with Crippen molar-refractivity contribution < 1.29 is 9.52 Å². The second-order valence-corrected chi connectivity index (χ2v) is 5.35. The zero-order valence-corrected chi connectivity index (χ0v) is 10.6. The minimum absolute atomic E-state index is 0.221. The lowest BCUT2D eigenvalue weighted by Crippen LogP contribution is -2.20. The Morgan fingerprint density at radius 3 is 2.89 bits per heavy atom. The van der Waals surface area contributed by atoms with Gasteiger partial charge in [-0.2, -0.15) is 0 Å². The summed E-state index contributed by atoms with van der Waals surface area (Å²) in [7, 11) is 0. The topological polar surface area (TPSA) is 50.4 Å². The molecule has 3 rings (SSSR count). The highest BCUT2D eigenvalue weighted by atomic mass is 16.4. The van der Waals surface area contributed by atoms with Crippen molar-refractivity contribution >= 4 is 11.0 Å². The van der Waals surface area contributed by atoms with E-state index in [1.165, 1.54) is 0 Å². The summed E-state index contributed by atoms with van der Waals surface area (Å²) < 4.78 is 5.34. The van der Waals surface area contributed by atoms with Gasteiger partial charge in [0, 0.05) is 5.56 Å². The van der Waals surface area contributed by atoms with Crippen LogP contribution in [0, 0.1) is 12.8 Å². The fraction of sp³-hybridized carbons (Fsp3) is 0.400. The Morgan fingerprint density at radius 2 is 2.11 bits per heavy atom. The van der Waals surface area contributed by atoms with Gasteiger partial charge in [0.25, 0.3) is 0 Å². The van der Waals surface area contributed by atoms with Crippen LogP contribution in [-0.4, -0.2) is 5.11 Å². The van der Waals surface area contributed by atoms with Gasteiger partial charge in [0.05, 0.1) is 5.39 Å². The molecule has 2 aromatic rings. The molecule has 0 unspecified atom stereocenters. The minimum atomic E-state index is -0.241. The highest BCUT2D eigenvalue weighted by Gasteiger charge is 2.23. The van der Waals surface area contributed by atoms with E-state index in [2.05, 4.69) is 6.92 Å². The first-order valence-electron chi connectivity index (χ1n) is 6.34. The van der Waals surface area contributed by atoms with Crippen LogP contribution >= 0.6 is 0 Å². The SMILES string of the molecule is Cc1cc(O)c2c3c(c(=O)oc2c1)CC[C@H](C)C3. The van der Waals surface area contributed by atoms with Crippen LogP contribution in [0.4, 0.5) is 0 Å². The van der Waals surface area contributed by atoms with Gasteiger partial charge in [-0.05, 0) is 55.4 Å². The van der Waals surface area contributed by atoms with Gasteiger partial charge in [0.1, 0.15) is 11.3 Å². The van der Waals surface area contributed by atoms with E-state index in [9.17, 15) is 9.90 Å². The van der Waals surface area contributed by atoms with E-state index < -0.39 is 0 Å². The van der Waals surface area contributed by atoms with E-state index in [0.717, 1.165) is 41.3 Å². The van der Waals surface area contributed by atoms with Gasteiger partial charge < -0.3 is 9.52 Å². The molecule has 1 N–H and O–H groups in total. The van der Waals surface area contributed by atoms with Gasteiger partial charge in [-0.3, -0.25) is 0 Å². The van der Waals surface area contributed by atoms with Gasteiger partial charge in [0.15, 0.2) is 0 Å². The summed E-state index contributed by atoms with van der Waals surface area (Å²) in [5.74, 6) is 0.766. The standard InChI is InChI=1S/C15H16O3/c1-8-3-4-10-11(5-8)14-12(16)6-9(2)7-13(14)18-15(10)17/h6-8,16H,3-5H2,1-2H3/t8-/m0/s1. The molecule has 0 spiro atoms. The van der Waals surface area contributed by atoms with Crippen LogP contribution in [0.5, 0.6) is 5.75 Å². The Labute approximate surface area is 105 Å². The average molecular weight is 244 g/mol. The van der Waals surface area contributed by atoms with Crippen LogP contribution in [0.25, 0.3) is 11.0 Å². The maximum Gasteiger partial charge on any atom is 0.339 e. The molecule has 0 radical (unpaired) electrons. The van der Waals surface area contributed by atoms with Crippen LogP contribution in [0.15, 0.2) is 21.3 Å². The minimum Gasteiger partial charge on any atom is -0.507 e. The van der Waals surface area contributed by atoms with Crippen molar-refractivity contribution in [3.05, 3.63) is 39.2 Å². The van der Waals surface area contributed by atoms with Crippen LogP contribution in [0.1, 0.15) is 30.0 Å². The largest absolute Gasteiger partial charge is 0.507 e. The summed E-state index contributed by atoms with van der Waals surface area (Å²) in [5.41, 5.74) is 2.89. The number of rotatable bonds is 0. The third-order valence-corrected chi connectivity index (χ3v) is 3.78. The Hall–Kier alpha value is -1.77. The molecular weight excluding hydrogens is 228 g/mol. The van der Waals surface area contributed by atoms with E-state index in [1.54, 1.807) is 6.07 Å². The second-order valence-electron chi connectivity index (χ2n) is 5.35. The van der Waals surface area contributed by atoms with Gasteiger partial charge in [-0.1, -0.05) is 6.92 Å². The van der Waals surface area contributed by atoms with Crippen molar-refractivity contribution in [3.63, 3.8) is 0 Å². The normalized spacial score (nSPS) is 18.9. The number of hydrogen-bond acceptors (Lipinski definition) is 3. The molecule has 0 amide bonds. The molecule has 0 fully saturated rings. The van der Waals surface area contributed by atoms with Crippen molar-refractivity contribution in [1.82, 2.24) is 0 Å². The quantitative estimate of drug-likeness (QED) is 0.725. The summed E-state index contributed by atoms with van der Waals surface area (Å²) in [4.78, 5) is 12.0. The number of phenolic OH excluding ortho intramolecular Hbond substituents is 1. The van der Waals surface area contributed by atoms with E-state index in [0.29, 0.717) is 11.5 Å². The molecule has 0 saturated heterocycles. The molecule has 1 heterocycles. The first-order valence-corrected chi connectivity index (χ1v) is 6.34. The highest BCUT2D eigenvalue weighted by molar-refractivity contribution is 5.88. The third-order valence-electron chi connectivity index (χ3n) is 3.78. The summed E-state index contributed by atoms with van der Waals surface area (Å²) in [6.07, 6.45) is 2.60. The Morgan fingerprint density at radius 1 is 1.33 bits per heavy atom. The zero-order chi connectivity index (χ0) is 12.9. The van der Waals surface area contributed by atoms with E-state index in [1.807, 2.05) is 13.0 Å². The van der Waals surface area contributed by atoms with Gasteiger partial charge in [0.2, 0.25) is 0 Å². The number of benzene rings is 1. The lowest BCUT2D eigenvalue weighted by Gasteiger charge is -2.21. The molecule has 0 saturated carbocycles. The summed E-state index contributed by atoms with van der Waals surface area (Å²) >= 11 is 0. The van der Waals surface area contributed by atoms with E-state index in [4.69, 9.17) is 4.42 Å². The molecule has 1 aliphatic carbocycles. The molecule has 3 heteroatoms. The Balaban J connectivity index is 2.43. The number of aryl methyl sites for hydroxylation is 1. The van der Waals surface area contributed by atoms with E-state index >= 15 is 0 Å². The predicted molar refractivity (Wildman–Crippen MR) is 70.1 cm³/mol. The van der Waals surface area contributed by atoms with Crippen molar-refractivity contribution in [2.45, 2.75) is 33.1 Å². The number of fused-ring (bicyclic) bond motifs is 3. The lowest BCUT2D eigenvalue weighted by atomic mass is 9.84. The summed E-state index contributed by atoms with van der Waals surface area (Å²) in [5, 5.41) is 10.8. The van der Waals surface area contributed by atoms with Crippen molar-refractivity contribution in [3.8, 4) is 5.75 Å². The van der Waals surface area contributed by atoms with Crippen molar-refractivity contribution in [2.75, 3.05) is 0 Å². The molecule has 1 aromatic carbocycles. The molecule has 94 valence electrons. The Bertz CT molecular complexity index is 682. The van der Waals surface area contributed by atoms with Crippen LogP contribution in [-0.2, 0) is 12.8 Å². The Kier molecular flexibility index (Phi) is 2.44. The molecular formula is C15H16O3. The molecule has 1 aromatic heterocycles. The van der Waals surface area contributed by atoms with Crippen LogP contribution in [0.3, 0.4) is 0 Å². The van der Waals surface area contributed by atoms with Gasteiger partial charge >= 0.3 is 5.63 Å². The maximum atomic E-state index is 12.0. The first-order chi connectivity index (χ1) is 8.56. The smallest absolute Gasteiger partial charge is 0.339 e. The number of aromatic hydroxyl groups is 1. The molecule has 0 aliphatic heterocycles. The lowest BCUT2D eigenvalue weighted by molar-refractivity contribution is 0.461. The maximum absolute atomic E-state index is 12.0.